The number of nitrogens with two attached hydrogens (primary N) is 1. The maximum atomic E-state index is 12.3. The van der Waals surface area contributed by atoms with Crippen LogP contribution in [-0.2, 0) is 13.6 Å². The minimum atomic E-state index is -0.481. The van der Waals surface area contributed by atoms with E-state index in [1.165, 1.54) is 4.57 Å². The maximum absolute atomic E-state index is 12.3. The summed E-state index contributed by atoms with van der Waals surface area (Å²) in [6, 6.07) is 9.77. The normalized spacial score (nSPS) is 11.1. The Labute approximate surface area is 137 Å². The molecule has 24 heavy (non-hydrogen) atoms. The Balaban J connectivity index is 2.15. The van der Waals surface area contributed by atoms with E-state index in [9.17, 15) is 9.59 Å². The molecule has 3 rings (SSSR count). The average Bonchev–Trinajstić information content (AvgIpc) is 2.93. The van der Waals surface area contributed by atoms with Gasteiger partial charge in [-0.25, -0.2) is 4.79 Å². The van der Waals surface area contributed by atoms with Gasteiger partial charge in [0.05, 0.1) is 6.54 Å². The molecule has 8 heteroatoms. The van der Waals surface area contributed by atoms with Crippen molar-refractivity contribution in [3.63, 3.8) is 0 Å². The van der Waals surface area contributed by atoms with Crippen molar-refractivity contribution in [2.75, 3.05) is 18.4 Å². The number of nitrogens with zero attached hydrogens (tertiary/aromatic N) is 3. The number of aromatic amines is 1. The Bertz CT molecular complexity index is 954. The Morgan fingerprint density at radius 1 is 1.25 bits per heavy atom. The second-order valence-electron chi connectivity index (χ2n) is 5.57. The molecule has 2 aromatic heterocycles. The molecule has 0 atom stereocenters. The molecule has 0 aliphatic rings. The van der Waals surface area contributed by atoms with Gasteiger partial charge in [0.1, 0.15) is 0 Å². The predicted octanol–water partition coefficient (Wildman–Crippen LogP) is 0.232. The summed E-state index contributed by atoms with van der Waals surface area (Å²) in [5.41, 5.74) is 6.37. The lowest BCUT2D eigenvalue weighted by Crippen LogP contribution is -2.29. The van der Waals surface area contributed by atoms with Crippen LogP contribution in [0.25, 0.3) is 11.2 Å². The van der Waals surface area contributed by atoms with Crippen molar-refractivity contribution in [1.82, 2.24) is 19.1 Å². The quantitative estimate of drug-likeness (QED) is 0.561. The third-order valence-corrected chi connectivity index (χ3v) is 3.85. The number of aromatic nitrogens is 4. The van der Waals surface area contributed by atoms with Crippen LogP contribution in [0.1, 0.15) is 12.0 Å². The summed E-state index contributed by atoms with van der Waals surface area (Å²) >= 11 is 0. The first kappa shape index (κ1) is 16.0. The fraction of sp³-hybridized carbons (Fsp3) is 0.312. The number of aryl methyl sites for hydroxylation is 1. The number of nitrogens with one attached hydrogen (secondary N) is 2. The molecule has 0 aliphatic carbocycles. The summed E-state index contributed by atoms with van der Waals surface area (Å²) in [5, 5.41) is 3.20. The molecule has 0 amide bonds. The Morgan fingerprint density at radius 3 is 2.71 bits per heavy atom. The van der Waals surface area contributed by atoms with Gasteiger partial charge in [-0.3, -0.25) is 18.9 Å². The highest BCUT2D eigenvalue weighted by molar-refractivity contribution is 5.74. The molecule has 4 N–H and O–H groups in total. The highest BCUT2D eigenvalue weighted by Crippen LogP contribution is 2.17. The van der Waals surface area contributed by atoms with Crippen molar-refractivity contribution in [1.29, 1.82) is 0 Å². The van der Waals surface area contributed by atoms with Crippen LogP contribution in [0.4, 0.5) is 5.95 Å². The highest BCUT2D eigenvalue weighted by atomic mass is 16.2. The highest BCUT2D eigenvalue weighted by Gasteiger charge is 2.17. The number of imidazole rings is 1. The van der Waals surface area contributed by atoms with E-state index in [2.05, 4.69) is 15.3 Å². The Kier molecular flexibility index (Phi) is 4.48. The summed E-state index contributed by atoms with van der Waals surface area (Å²) in [5.74, 6) is 0.550. The van der Waals surface area contributed by atoms with E-state index in [1.807, 2.05) is 30.3 Å². The van der Waals surface area contributed by atoms with Gasteiger partial charge in [-0.05, 0) is 18.5 Å². The van der Waals surface area contributed by atoms with E-state index in [1.54, 1.807) is 11.6 Å². The lowest BCUT2D eigenvalue weighted by atomic mass is 10.2. The van der Waals surface area contributed by atoms with E-state index >= 15 is 0 Å². The van der Waals surface area contributed by atoms with Crippen LogP contribution in [0.15, 0.2) is 39.9 Å². The van der Waals surface area contributed by atoms with Crippen molar-refractivity contribution >= 4 is 17.1 Å². The average molecular weight is 328 g/mol. The van der Waals surface area contributed by atoms with Gasteiger partial charge in [0.15, 0.2) is 11.2 Å². The lowest BCUT2D eigenvalue weighted by Gasteiger charge is -2.10. The van der Waals surface area contributed by atoms with Crippen LogP contribution in [0.5, 0.6) is 0 Å². The monoisotopic (exact) mass is 328 g/mol. The molecule has 0 bridgehead atoms. The summed E-state index contributed by atoms with van der Waals surface area (Å²) < 4.78 is 3.13. The third-order valence-electron chi connectivity index (χ3n) is 3.85. The number of rotatable bonds is 6. The van der Waals surface area contributed by atoms with Gasteiger partial charge < -0.3 is 11.1 Å². The zero-order chi connectivity index (χ0) is 17.1. The van der Waals surface area contributed by atoms with E-state index in [0.29, 0.717) is 36.7 Å². The fourth-order valence-corrected chi connectivity index (χ4v) is 2.59. The minimum Gasteiger partial charge on any atom is -0.356 e. The molecular formula is C16H20N6O2. The zero-order valence-electron chi connectivity index (χ0n) is 13.5. The first-order valence-corrected chi connectivity index (χ1v) is 7.79. The van der Waals surface area contributed by atoms with Crippen molar-refractivity contribution in [2.45, 2.75) is 13.0 Å². The van der Waals surface area contributed by atoms with Crippen LogP contribution in [0.3, 0.4) is 0 Å². The summed E-state index contributed by atoms with van der Waals surface area (Å²) in [6.07, 6.45) is 0.782. The lowest BCUT2D eigenvalue weighted by molar-refractivity contribution is 0.796. The molecular weight excluding hydrogens is 308 g/mol. The van der Waals surface area contributed by atoms with Crippen LogP contribution >= 0.6 is 0 Å². The van der Waals surface area contributed by atoms with E-state index in [4.69, 9.17) is 5.73 Å². The fourth-order valence-electron chi connectivity index (χ4n) is 2.59. The molecule has 8 nitrogen and oxygen atoms in total. The Morgan fingerprint density at radius 2 is 2.00 bits per heavy atom. The molecule has 0 fully saturated rings. The smallest absolute Gasteiger partial charge is 0.329 e. The topological polar surface area (TPSA) is 111 Å². The molecule has 0 radical (unpaired) electrons. The first-order valence-electron chi connectivity index (χ1n) is 7.79. The van der Waals surface area contributed by atoms with Gasteiger partial charge in [0.2, 0.25) is 5.95 Å². The number of anilines is 1. The van der Waals surface area contributed by atoms with Gasteiger partial charge in [-0.1, -0.05) is 30.3 Å². The largest absolute Gasteiger partial charge is 0.356 e. The molecule has 0 saturated carbocycles. The standard InChI is InChI=1S/C16H20N6O2/c1-21-13-12(14(23)20-16(21)24)22(10-11-6-3-2-4-7-11)15(19-13)18-9-5-8-17/h2-4,6-7H,5,8-10,17H2,1H3,(H,18,19)(H,20,23,24). The minimum absolute atomic E-state index is 0.356. The molecule has 0 unspecified atom stereocenters. The molecule has 0 saturated heterocycles. The molecule has 3 aromatic rings. The second-order valence-corrected chi connectivity index (χ2v) is 5.57. The van der Waals surface area contributed by atoms with Crippen molar-refractivity contribution < 1.29 is 0 Å². The van der Waals surface area contributed by atoms with Crippen molar-refractivity contribution in [2.24, 2.45) is 12.8 Å². The maximum Gasteiger partial charge on any atom is 0.329 e. The molecule has 126 valence electrons. The predicted molar refractivity (Wildman–Crippen MR) is 93.3 cm³/mol. The molecule has 1 aromatic carbocycles. The molecule has 0 spiro atoms. The summed E-state index contributed by atoms with van der Waals surface area (Å²) in [6.45, 7) is 1.68. The number of hydrogen-bond donors (Lipinski definition) is 3. The van der Waals surface area contributed by atoms with Gasteiger partial charge in [-0.15, -0.1) is 0 Å². The van der Waals surface area contributed by atoms with E-state index in [-0.39, 0.29) is 0 Å². The van der Waals surface area contributed by atoms with Crippen LogP contribution in [0.2, 0.25) is 0 Å². The number of H-pyrrole nitrogens is 1. The molecule has 0 aliphatic heterocycles. The van der Waals surface area contributed by atoms with Crippen molar-refractivity contribution in [3.05, 3.63) is 56.7 Å². The summed E-state index contributed by atoms with van der Waals surface area (Å²) in [7, 11) is 1.59. The van der Waals surface area contributed by atoms with Crippen LogP contribution in [-0.4, -0.2) is 32.2 Å². The van der Waals surface area contributed by atoms with Crippen LogP contribution < -0.4 is 22.3 Å². The Hall–Kier alpha value is -2.87. The SMILES string of the molecule is Cn1c(=O)[nH]c(=O)c2c1nc(NCCCN)n2Cc1ccccc1. The van der Waals surface area contributed by atoms with Crippen LogP contribution in [0, 0.1) is 0 Å². The van der Waals surface area contributed by atoms with Gasteiger partial charge >= 0.3 is 5.69 Å². The van der Waals surface area contributed by atoms with Crippen molar-refractivity contribution in [3.8, 4) is 0 Å². The van der Waals surface area contributed by atoms with E-state index < -0.39 is 11.2 Å². The summed E-state index contributed by atoms with van der Waals surface area (Å²) in [4.78, 5) is 30.9. The zero-order valence-corrected chi connectivity index (χ0v) is 13.5. The number of benzene rings is 1. The van der Waals surface area contributed by atoms with Gasteiger partial charge in [-0.2, -0.15) is 4.98 Å². The van der Waals surface area contributed by atoms with Gasteiger partial charge in [0.25, 0.3) is 5.56 Å². The third kappa shape index (κ3) is 2.95. The number of fused-ring (bicyclic) bond motifs is 1. The van der Waals surface area contributed by atoms with E-state index in [0.717, 1.165) is 12.0 Å². The number of hydrogen-bond acceptors (Lipinski definition) is 5. The molecule has 2 heterocycles. The second kappa shape index (κ2) is 6.71. The van der Waals surface area contributed by atoms with Gasteiger partial charge in [0, 0.05) is 13.6 Å². The first-order chi connectivity index (χ1) is 11.6.